The van der Waals surface area contributed by atoms with Crippen molar-refractivity contribution in [3.8, 4) is 0 Å². The monoisotopic (exact) mass is 360 g/mol. The molecule has 0 aliphatic carbocycles. The number of hydrogen-bond acceptors (Lipinski definition) is 5. The number of nitrogens with zero attached hydrogens (tertiary/aromatic N) is 2. The molecule has 0 saturated carbocycles. The summed E-state index contributed by atoms with van der Waals surface area (Å²) in [6.45, 7) is 5.90. The van der Waals surface area contributed by atoms with Crippen molar-refractivity contribution < 1.29 is 23.9 Å². The minimum atomic E-state index is -0.678. The number of amides is 3. The summed E-state index contributed by atoms with van der Waals surface area (Å²) in [6.07, 6.45) is -0.449. The fourth-order valence-corrected chi connectivity index (χ4v) is 3.42. The highest BCUT2D eigenvalue weighted by atomic mass is 16.6. The Morgan fingerprint density at radius 2 is 1.81 bits per heavy atom. The quantitative estimate of drug-likeness (QED) is 0.810. The van der Waals surface area contributed by atoms with Crippen LogP contribution in [-0.2, 0) is 20.9 Å². The van der Waals surface area contributed by atoms with E-state index in [0.29, 0.717) is 13.0 Å². The number of hydrogen-bond donors (Lipinski definition) is 0. The maximum absolute atomic E-state index is 12.4. The van der Waals surface area contributed by atoms with Crippen molar-refractivity contribution in [2.24, 2.45) is 0 Å². The third kappa shape index (κ3) is 3.81. The standard InChI is InChI=1S/C19H24N2O5/c1-19(2,3)26-18(24)21-14-9-10-20(15(14)11-16(21)22)17(23)25-12-13-7-5-4-6-8-13/h4-8,14-15H,9-12H2,1-3H3/t14-,15-/m0/s1. The van der Waals surface area contributed by atoms with E-state index >= 15 is 0 Å². The van der Waals surface area contributed by atoms with Crippen molar-refractivity contribution in [1.29, 1.82) is 0 Å². The lowest BCUT2D eigenvalue weighted by Gasteiger charge is -2.27. The molecule has 7 nitrogen and oxygen atoms in total. The molecule has 0 spiro atoms. The van der Waals surface area contributed by atoms with Crippen LogP contribution >= 0.6 is 0 Å². The number of benzene rings is 1. The second-order valence-corrected chi connectivity index (χ2v) is 7.61. The molecule has 0 unspecified atom stereocenters. The summed E-state index contributed by atoms with van der Waals surface area (Å²) >= 11 is 0. The highest BCUT2D eigenvalue weighted by molar-refractivity contribution is 5.95. The molecule has 2 fully saturated rings. The van der Waals surface area contributed by atoms with Gasteiger partial charge in [-0.2, -0.15) is 0 Å². The Morgan fingerprint density at radius 1 is 1.12 bits per heavy atom. The SMILES string of the molecule is CC(C)(C)OC(=O)N1C(=O)C[C@H]2[C@@H]1CCN2C(=O)OCc1ccccc1. The van der Waals surface area contributed by atoms with Crippen molar-refractivity contribution in [1.82, 2.24) is 9.80 Å². The van der Waals surface area contributed by atoms with Crippen LogP contribution in [0.25, 0.3) is 0 Å². The van der Waals surface area contributed by atoms with E-state index in [9.17, 15) is 14.4 Å². The molecule has 2 aliphatic heterocycles. The van der Waals surface area contributed by atoms with Crippen molar-refractivity contribution in [2.75, 3.05) is 6.54 Å². The minimum Gasteiger partial charge on any atom is -0.445 e. The summed E-state index contributed by atoms with van der Waals surface area (Å²) in [5, 5.41) is 0. The number of ether oxygens (including phenoxy) is 2. The first-order chi connectivity index (χ1) is 12.3. The van der Waals surface area contributed by atoms with Crippen molar-refractivity contribution in [3.05, 3.63) is 35.9 Å². The normalized spacial score (nSPS) is 22.3. The second-order valence-electron chi connectivity index (χ2n) is 7.61. The molecule has 0 bridgehead atoms. The van der Waals surface area contributed by atoms with Crippen LogP contribution in [0.5, 0.6) is 0 Å². The molecule has 0 radical (unpaired) electrons. The van der Waals surface area contributed by atoms with E-state index < -0.39 is 17.8 Å². The predicted octanol–water partition coefficient (Wildman–Crippen LogP) is 2.93. The Balaban J connectivity index is 1.62. The first-order valence-electron chi connectivity index (χ1n) is 8.78. The summed E-state index contributed by atoms with van der Waals surface area (Å²) < 4.78 is 10.7. The van der Waals surface area contributed by atoms with Crippen LogP contribution < -0.4 is 0 Å². The molecule has 3 amide bonds. The van der Waals surface area contributed by atoms with Crippen LogP contribution in [-0.4, -0.2) is 52.1 Å². The Kier molecular flexibility index (Phi) is 4.89. The zero-order valence-corrected chi connectivity index (χ0v) is 15.3. The molecule has 2 saturated heterocycles. The molecule has 3 rings (SSSR count). The lowest BCUT2D eigenvalue weighted by Crippen LogP contribution is -2.44. The van der Waals surface area contributed by atoms with E-state index in [1.165, 1.54) is 4.90 Å². The summed E-state index contributed by atoms with van der Waals surface area (Å²) in [4.78, 5) is 39.8. The van der Waals surface area contributed by atoms with Gasteiger partial charge in [-0.3, -0.25) is 4.79 Å². The van der Waals surface area contributed by atoms with Gasteiger partial charge in [0.15, 0.2) is 0 Å². The second kappa shape index (κ2) is 6.97. The maximum atomic E-state index is 12.4. The Labute approximate surface area is 152 Å². The van der Waals surface area contributed by atoms with Gasteiger partial charge in [0.05, 0.1) is 12.1 Å². The van der Waals surface area contributed by atoms with Gasteiger partial charge in [-0.05, 0) is 32.8 Å². The van der Waals surface area contributed by atoms with E-state index in [1.54, 1.807) is 25.7 Å². The molecular formula is C19H24N2O5. The van der Waals surface area contributed by atoms with E-state index in [-0.39, 0.29) is 31.0 Å². The molecule has 2 heterocycles. The smallest absolute Gasteiger partial charge is 0.417 e. The van der Waals surface area contributed by atoms with Crippen molar-refractivity contribution >= 4 is 18.1 Å². The Bertz CT molecular complexity index is 698. The molecule has 0 N–H and O–H groups in total. The molecule has 1 aromatic rings. The van der Waals surface area contributed by atoms with Gasteiger partial charge in [0.25, 0.3) is 0 Å². The zero-order chi connectivity index (χ0) is 18.9. The van der Waals surface area contributed by atoms with E-state index in [4.69, 9.17) is 9.47 Å². The number of rotatable bonds is 2. The largest absolute Gasteiger partial charge is 0.445 e. The summed E-state index contributed by atoms with van der Waals surface area (Å²) in [5.74, 6) is -0.310. The molecule has 2 aliphatic rings. The highest BCUT2D eigenvalue weighted by Gasteiger charge is 2.52. The Hall–Kier alpha value is -2.57. The average Bonchev–Trinajstić information content (AvgIpc) is 3.09. The molecule has 2 atom stereocenters. The lowest BCUT2D eigenvalue weighted by atomic mass is 10.1. The average molecular weight is 360 g/mol. The molecule has 0 aromatic heterocycles. The molecule has 26 heavy (non-hydrogen) atoms. The molecule has 1 aromatic carbocycles. The minimum absolute atomic E-state index is 0.115. The zero-order valence-electron chi connectivity index (χ0n) is 15.3. The van der Waals surface area contributed by atoms with Gasteiger partial charge in [-0.25, -0.2) is 14.5 Å². The van der Waals surface area contributed by atoms with E-state index in [0.717, 1.165) is 5.56 Å². The number of fused-ring (bicyclic) bond motifs is 1. The van der Waals surface area contributed by atoms with Crippen molar-refractivity contribution in [3.63, 3.8) is 0 Å². The highest BCUT2D eigenvalue weighted by Crippen LogP contribution is 2.34. The van der Waals surface area contributed by atoms with Gasteiger partial charge in [-0.15, -0.1) is 0 Å². The van der Waals surface area contributed by atoms with E-state index in [2.05, 4.69) is 0 Å². The van der Waals surface area contributed by atoms with Gasteiger partial charge in [0.2, 0.25) is 5.91 Å². The fraction of sp³-hybridized carbons (Fsp3) is 0.526. The van der Waals surface area contributed by atoms with Crippen LogP contribution in [0.3, 0.4) is 0 Å². The third-order valence-corrected chi connectivity index (χ3v) is 4.52. The lowest BCUT2D eigenvalue weighted by molar-refractivity contribution is -0.128. The molecular weight excluding hydrogens is 336 g/mol. The van der Waals surface area contributed by atoms with Gasteiger partial charge in [0.1, 0.15) is 12.2 Å². The van der Waals surface area contributed by atoms with Gasteiger partial charge >= 0.3 is 12.2 Å². The first-order valence-corrected chi connectivity index (χ1v) is 8.78. The van der Waals surface area contributed by atoms with Crippen molar-refractivity contribution in [2.45, 2.75) is 57.9 Å². The molecule has 7 heteroatoms. The topological polar surface area (TPSA) is 76.2 Å². The Morgan fingerprint density at radius 3 is 2.46 bits per heavy atom. The van der Waals surface area contributed by atoms with Crippen LogP contribution in [0.2, 0.25) is 0 Å². The summed E-state index contributed by atoms with van der Waals surface area (Å²) in [6, 6.07) is 8.71. The summed E-state index contributed by atoms with van der Waals surface area (Å²) in [5.41, 5.74) is 0.219. The van der Waals surface area contributed by atoms with Crippen LogP contribution in [0, 0.1) is 0 Å². The third-order valence-electron chi connectivity index (χ3n) is 4.52. The summed E-state index contributed by atoms with van der Waals surface area (Å²) in [7, 11) is 0. The fourth-order valence-electron chi connectivity index (χ4n) is 3.42. The number of carbonyl (C=O) groups is 3. The van der Waals surface area contributed by atoms with Crippen LogP contribution in [0.15, 0.2) is 30.3 Å². The number of likely N-dealkylation sites (tertiary alicyclic amines) is 2. The van der Waals surface area contributed by atoms with Crippen LogP contribution in [0.4, 0.5) is 9.59 Å². The molecule has 140 valence electrons. The first kappa shape index (κ1) is 18.2. The van der Waals surface area contributed by atoms with Gasteiger partial charge in [-0.1, -0.05) is 30.3 Å². The number of imide groups is 1. The maximum Gasteiger partial charge on any atom is 0.417 e. The van der Waals surface area contributed by atoms with Crippen LogP contribution in [0.1, 0.15) is 39.2 Å². The number of carbonyl (C=O) groups excluding carboxylic acids is 3. The van der Waals surface area contributed by atoms with Gasteiger partial charge in [0, 0.05) is 13.0 Å². The van der Waals surface area contributed by atoms with Gasteiger partial charge < -0.3 is 14.4 Å². The van der Waals surface area contributed by atoms with E-state index in [1.807, 2.05) is 30.3 Å². The predicted molar refractivity (Wildman–Crippen MR) is 93.2 cm³/mol.